The highest BCUT2D eigenvalue weighted by atomic mass is 35.5. The van der Waals surface area contributed by atoms with Crippen molar-refractivity contribution < 1.29 is 10.1 Å². The van der Waals surface area contributed by atoms with Crippen molar-refractivity contribution in [3.05, 3.63) is 34.9 Å². The van der Waals surface area contributed by atoms with Crippen LogP contribution in [0.15, 0.2) is 24.3 Å². The molecule has 2 amide bonds. The summed E-state index contributed by atoms with van der Waals surface area (Å²) in [5, 5.41) is 10.6. The molecule has 126 valence electrons. The molecule has 0 atom stereocenters. The van der Waals surface area contributed by atoms with Crippen molar-refractivity contribution in [1.29, 1.82) is 5.41 Å². The molecule has 0 spiro atoms. The number of hydrogen-bond donors (Lipinski definition) is 2. The van der Waals surface area contributed by atoms with Crippen LogP contribution in [0.2, 0.25) is 5.02 Å². The van der Waals surface area contributed by atoms with E-state index in [2.05, 4.69) is 0 Å². The lowest BCUT2D eigenvalue weighted by Crippen LogP contribution is -2.87. The normalized spacial score (nSPS) is 15.9. The standard InChI is InChI=1S/C18H26ClN3O/c1-21-18(23)22(13-14-8-4-2-3-5-9-14)17(20)12-15-10-6-7-11-16(15)19/h6-7,10-11,14,20H,2-5,8-9,12-13H2,1H3,(H,21,23)/p+1. The van der Waals surface area contributed by atoms with E-state index >= 15 is 0 Å². The monoisotopic (exact) mass is 336 g/mol. The summed E-state index contributed by atoms with van der Waals surface area (Å²) in [6.45, 7) is 0.659. The first-order chi connectivity index (χ1) is 11.1. The highest BCUT2D eigenvalue weighted by molar-refractivity contribution is 6.31. The van der Waals surface area contributed by atoms with Gasteiger partial charge < -0.3 is 0 Å². The molecule has 0 heterocycles. The molecule has 2 rings (SSSR count). The van der Waals surface area contributed by atoms with Gasteiger partial charge in [-0.15, -0.1) is 0 Å². The lowest BCUT2D eigenvalue weighted by molar-refractivity contribution is -0.529. The van der Waals surface area contributed by atoms with Crippen molar-refractivity contribution in [2.24, 2.45) is 5.92 Å². The third-order valence-corrected chi connectivity index (χ3v) is 4.94. The largest absolute Gasteiger partial charge is 0.421 e. The molecule has 1 aliphatic carbocycles. The van der Waals surface area contributed by atoms with E-state index < -0.39 is 0 Å². The Kier molecular flexibility index (Phi) is 7.06. The molecule has 1 aliphatic rings. The van der Waals surface area contributed by atoms with E-state index in [9.17, 15) is 4.79 Å². The summed E-state index contributed by atoms with van der Waals surface area (Å²) >= 11 is 6.19. The first kappa shape index (κ1) is 18.0. The van der Waals surface area contributed by atoms with Gasteiger partial charge in [-0.3, -0.25) is 10.7 Å². The number of halogens is 1. The minimum absolute atomic E-state index is 0.0775. The number of urea groups is 1. The number of carbonyl (C=O) groups is 1. The zero-order valence-electron chi connectivity index (χ0n) is 13.9. The van der Waals surface area contributed by atoms with Gasteiger partial charge in [-0.25, -0.2) is 9.69 Å². The number of nitrogens with two attached hydrogens (primary N) is 1. The Bertz CT molecular complexity index is 539. The fourth-order valence-electron chi connectivity index (χ4n) is 3.21. The Morgan fingerprint density at radius 3 is 2.52 bits per heavy atom. The fraction of sp³-hybridized carbons (Fsp3) is 0.556. The Morgan fingerprint density at radius 2 is 1.91 bits per heavy atom. The molecule has 0 radical (unpaired) electrons. The first-order valence-corrected chi connectivity index (χ1v) is 8.91. The van der Waals surface area contributed by atoms with Crippen molar-refractivity contribution >= 4 is 23.5 Å². The van der Waals surface area contributed by atoms with Crippen LogP contribution in [-0.2, 0) is 6.42 Å². The van der Waals surface area contributed by atoms with Gasteiger partial charge in [0.05, 0.1) is 7.05 Å². The smallest absolute Gasteiger partial charge is 0.288 e. The third kappa shape index (κ3) is 5.33. The van der Waals surface area contributed by atoms with Crippen molar-refractivity contribution in [1.82, 2.24) is 4.90 Å². The molecular formula is C18H27ClN3O+. The van der Waals surface area contributed by atoms with Gasteiger partial charge in [0.25, 0.3) is 0 Å². The molecule has 5 heteroatoms. The van der Waals surface area contributed by atoms with E-state index in [1.54, 1.807) is 17.3 Å². The summed E-state index contributed by atoms with van der Waals surface area (Å²) in [4.78, 5) is 13.9. The van der Waals surface area contributed by atoms with Crippen LogP contribution in [-0.4, -0.2) is 30.4 Å². The van der Waals surface area contributed by atoms with Crippen LogP contribution >= 0.6 is 11.6 Å². The molecule has 1 aromatic carbocycles. The number of rotatable bonds is 4. The minimum Gasteiger partial charge on any atom is -0.288 e. The van der Waals surface area contributed by atoms with Crippen LogP contribution in [0.5, 0.6) is 0 Å². The molecule has 0 aliphatic heterocycles. The van der Waals surface area contributed by atoms with Crippen molar-refractivity contribution in [3.8, 4) is 0 Å². The Labute approximate surface area is 143 Å². The summed E-state index contributed by atoms with van der Waals surface area (Å²) in [6, 6.07) is 7.46. The molecule has 4 nitrogen and oxygen atoms in total. The molecule has 23 heavy (non-hydrogen) atoms. The van der Waals surface area contributed by atoms with E-state index in [0.717, 1.165) is 18.4 Å². The topological polar surface area (TPSA) is 60.8 Å². The van der Waals surface area contributed by atoms with Gasteiger partial charge in [-0.2, -0.15) is 0 Å². The summed E-state index contributed by atoms with van der Waals surface area (Å²) in [5.74, 6) is 0.846. The highest BCUT2D eigenvalue weighted by Gasteiger charge is 2.25. The summed E-state index contributed by atoms with van der Waals surface area (Å²) < 4.78 is 0. The second-order valence-corrected chi connectivity index (χ2v) is 6.72. The van der Waals surface area contributed by atoms with Gasteiger partial charge in [0, 0.05) is 18.0 Å². The number of carbonyl (C=O) groups excluding carboxylic acids is 1. The van der Waals surface area contributed by atoms with Gasteiger partial charge in [-0.05, 0) is 30.4 Å². The number of nitrogens with zero attached hydrogens (tertiary/aromatic N) is 1. The molecule has 1 saturated carbocycles. The number of benzene rings is 1. The predicted octanol–water partition coefficient (Wildman–Crippen LogP) is 3.45. The van der Waals surface area contributed by atoms with Crippen LogP contribution in [0.4, 0.5) is 4.79 Å². The van der Waals surface area contributed by atoms with Gasteiger partial charge >= 0.3 is 6.03 Å². The van der Waals surface area contributed by atoms with E-state index in [4.69, 9.17) is 17.0 Å². The molecule has 1 fully saturated rings. The fourth-order valence-corrected chi connectivity index (χ4v) is 3.41. The maximum absolute atomic E-state index is 12.3. The molecule has 1 aromatic rings. The zero-order valence-corrected chi connectivity index (χ0v) is 14.6. The molecular weight excluding hydrogens is 310 g/mol. The second-order valence-electron chi connectivity index (χ2n) is 6.31. The van der Waals surface area contributed by atoms with Gasteiger partial charge in [0.15, 0.2) is 0 Å². The summed E-state index contributed by atoms with van der Waals surface area (Å²) in [7, 11) is 1.74. The maximum Gasteiger partial charge on any atom is 0.421 e. The van der Waals surface area contributed by atoms with Crippen molar-refractivity contribution in [2.75, 3.05) is 13.6 Å². The average Bonchev–Trinajstić information content (AvgIpc) is 2.82. The average molecular weight is 337 g/mol. The summed E-state index contributed by atoms with van der Waals surface area (Å²) in [6.07, 6.45) is 7.77. The van der Waals surface area contributed by atoms with E-state index in [1.165, 1.54) is 25.7 Å². The summed E-state index contributed by atoms with van der Waals surface area (Å²) in [5.41, 5.74) is 0.897. The quantitative estimate of drug-likeness (QED) is 0.494. The van der Waals surface area contributed by atoms with Crippen LogP contribution in [0.3, 0.4) is 0 Å². The third-order valence-electron chi connectivity index (χ3n) is 4.57. The van der Waals surface area contributed by atoms with Crippen LogP contribution < -0.4 is 5.32 Å². The lowest BCUT2D eigenvalue weighted by Gasteiger charge is -2.25. The maximum atomic E-state index is 12.3. The van der Waals surface area contributed by atoms with Crippen LogP contribution in [0.25, 0.3) is 0 Å². The molecule has 0 unspecified atom stereocenters. The Balaban J connectivity index is 2.06. The van der Waals surface area contributed by atoms with E-state index in [1.807, 2.05) is 24.3 Å². The Hall–Kier alpha value is -1.39. The predicted molar refractivity (Wildman–Crippen MR) is 94.0 cm³/mol. The van der Waals surface area contributed by atoms with Gasteiger partial charge in [0.2, 0.25) is 0 Å². The number of nitrogens with one attached hydrogen (secondary N) is 1. The number of amides is 2. The SMILES string of the molecule is C[NH2+]C(=O)N(CC1CCCCCC1)C(=N)Cc1ccccc1Cl. The van der Waals surface area contributed by atoms with E-state index in [-0.39, 0.29) is 6.03 Å². The minimum atomic E-state index is -0.0775. The van der Waals surface area contributed by atoms with Gasteiger partial charge in [0.1, 0.15) is 5.84 Å². The number of hydrogen-bond acceptors (Lipinski definition) is 2. The lowest BCUT2D eigenvalue weighted by atomic mass is 9.99. The first-order valence-electron chi connectivity index (χ1n) is 8.53. The number of amidine groups is 1. The molecule has 0 aromatic heterocycles. The number of quaternary nitrogens is 1. The van der Waals surface area contributed by atoms with Gasteiger partial charge in [-0.1, -0.05) is 55.5 Å². The molecule has 3 N–H and O–H groups in total. The second kappa shape index (κ2) is 9.04. The van der Waals surface area contributed by atoms with Crippen molar-refractivity contribution in [2.45, 2.75) is 44.9 Å². The molecule has 0 bridgehead atoms. The Morgan fingerprint density at radius 1 is 1.26 bits per heavy atom. The van der Waals surface area contributed by atoms with E-state index in [0.29, 0.717) is 29.7 Å². The van der Waals surface area contributed by atoms with Crippen LogP contribution in [0, 0.1) is 11.3 Å². The number of primary amides is 1. The molecule has 0 saturated heterocycles. The zero-order chi connectivity index (χ0) is 16.7. The van der Waals surface area contributed by atoms with Crippen molar-refractivity contribution in [3.63, 3.8) is 0 Å². The van der Waals surface area contributed by atoms with Crippen LogP contribution in [0.1, 0.15) is 44.1 Å². The highest BCUT2D eigenvalue weighted by Crippen LogP contribution is 2.24.